The van der Waals surface area contributed by atoms with Crippen molar-refractivity contribution in [3.05, 3.63) is 7.05 Å². The third-order valence-electron chi connectivity index (χ3n) is 2.93. The van der Waals surface area contributed by atoms with Crippen LogP contribution in [-0.2, 0) is 4.74 Å². The lowest BCUT2D eigenvalue weighted by Crippen LogP contribution is -2.40. The van der Waals surface area contributed by atoms with Crippen LogP contribution in [0.3, 0.4) is 0 Å². The van der Waals surface area contributed by atoms with Gasteiger partial charge in [-0.25, -0.2) is 0 Å². The number of nitrogens with zero attached hydrogens (tertiary/aromatic N) is 1. The average Bonchev–Trinajstić information content (AvgIpc) is 2.37. The molecular formula is C9H16NO-. The lowest BCUT2D eigenvalue weighted by molar-refractivity contribution is 0.0906. The summed E-state index contributed by atoms with van der Waals surface area (Å²) in [5.41, 5.74) is 0.486. The summed E-state index contributed by atoms with van der Waals surface area (Å²) < 4.78 is 5.43. The largest absolute Gasteiger partial charge is 0.459 e. The van der Waals surface area contributed by atoms with Gasteiger partial charge in [0, 0.05) is 12.0 Å². The van der Waals surface area contributed by atoms with Crippen LogP contribution in [-0.4, -0.2) is 31.2 Å². The summed E-state index contributed by atoms with van der Waals surface area (Å²) in [6.07, 6.45) is 3.89. The molecule has 0 radical (unpaired) electrons. The highest BCUT2D eigenvalue weighted by atomic mass is 16.5. The van der Waals surface area contributed by atoms with Crippen molar-refractivity contribution in [1.29, 1.82) is 0 Å². The fourth-order valence-corrected chi connectivity index (χ4v) is 2.28. The van der Waals surface area contributed by atoms with Crippen molar-refractivity contribution >= 4 is 0 Å². The summed E-state index contributed by atoms with van der Waals surface area (Å²) in [7, 11) is 3.99. The Balaban J connectivity index is 2.00. The van der Waals surface area contributed by atoms with E-state index in [-0.39, 0.29) is 0 Å². The van der Waals surface area contributed by atoms with Gasteiger partial charge in [-0.3, -0.25) is 7.05 Å². The average molecular weight is 154 g/mol. The van der Waals surface area contributed by atoms with E-state index in [0.29, 0.717) is 5.41 Å². The van der Waals surface area contributed by atoms with Crippen LogP contribution in [0.25, 0.3) is 0 Å². The smallest absolute Gasteiger partial charge is 0.0534 e. The van der Waals surface area contributed by atoms with Gasteiger partial charge in [0.25, 0.3) is 0 Å². The Bertz CT molecular complexity index is 140. The summed E-state index contributed by atoms with van der Waals surface area (Å²) in [5, 5.41) is 0. The monoisotopic (exact) mass is 154 g/mol. The second-order valence-corrected chi connectivity index (χ2v) is 3.96. The van der Waals surface area contributed by atoms with Gasteiger partial charge in [0.15, 0.2) is 0 Å². The van der Waals surface area contributed by atoms with E-state index in [1.165, 1.54) is 25.8 Å². The molecule has 0 aromatic rings. The zero-order chi connectivity index (χ0) is 7.73. The number of rotatable bonds is 0. The Morgan fingerprint density at radius 2 is 2.27 bits per heavy atom. The SMILES string of the molecule is [CH2-]N1CCCC2(CCOC2)C1. The Kier molecular flexibility index (Phi) is 1.90. The number of hydrogen-bond donors (Lipinski definition) is 0. The van der Waals surface area contributed by atoms with Crippen LogP contribution in [0.5, 0.6) is 0 Å². The van der Waals surface area contributed by atoms with Crippen LogP contribution < -0.4 is 0 Å². The molecule has 2 heteroatoms. The molecule has 2 rings (SSSR count). The summed E-state index contributed by atoms with van der Waals surface area (Å²) in [6, 6.07) is 0. The topological polar surface area (TPSA) is 12.5 Å². The van der Waals surface area contributed by atoms with Crippen LogP contribution >= 0.6 is 0 Å². The molecule has 0 aliphatic carbocycles. The number of likely N-dealkylation sites (tertiary alicyclic amines) is 1. The van der Waals surface area contributed by atoms with Crippen LogP contribution in [0.2, 0.25) is 0 Å². The van der Waals surface area contributed by atoms with Crippen LogP contribution in [0.15, 0.2) is 0 Å². The Labute approximate surface area is 68.5 Å². The molecule has 0 aromatic carbocycles. The van der Waals surface area contributed by atoms with E-state index in [1.54, 1.807) is 0 Å². The predicted octanol–water partition coefficient (Wildman–Crippen LogP) is 1.28. The maximum atomic E-state index is 5.43. The predicted molar refractivity (Wildman–Crippen MR) is 44.0 cm³/mol. The quantitative estimate of drug-likeness (QED) is 0.487. The fourth-order valence-electron chi connectivity index (χ4n) is 2.28. The molecule has 2 aliphatic heterocycles. The molecule has 2 fully saturated rings. The molecule has 2 aliphatic rings. The minimum absolute atomic E-state index is 0.486. The molecule has 0 aromatic heterocycles. The van der Waals surface area contributed by atoms with Crippen molar-refractivity contribution in [3.8, 4) is 0 Å². The van der Waals surface area contributed by atoms with Crippen molar-refractivity contribution in [1.82, 2.24) is 4.90 Å². The summed E-state index contributed by atoms with van der Waals surface area (Å²) in [6.45, 7) is 4.25. The summed E-state index contributed by atoms with van der Waals surface area (Å²) >= 11 is 0. The van der Waals surface area contributed by atoms with Crippen molar-refractivity contribution in [2.45, 2.75) is 19.3 Å². The molecule has 0 amide bonds. The lowest BCUT2D eigenvalue weighted by Gasteiger charge is -2.42. The van der Waals surface area contributed by atoms with Crippen molar-refractivity contribution in [2.75, 3.05) is 26.3 Å². The maximum absolute atomic E-state index is 5.43. The number of piperidine rings is 1. The van der Waals surface area contributed by atoms with Gasteiger partial charge >= 0.3 is 0 Å². The van der Waals surface area contributed by atoms with E-state index in [0.717, 1.165) is 19.8 Å². The molecule has 1 unspecified atom stereocenters. The summed E-state index contributed by atoms with van der Waals surface area (Å²) in [5.74, 6) is 0. The molecule has 64 valence electrons. The van der Waals surface area contributed by atoms with Gasteiger partial charge in [0.05, 0.1) is 6.61 Å². The molecular weight excluding hydrogens is 138 g/mol. The van der Waals surface area contributed by atoms with Crippen molar-refractivity contribution in [2.24, 2.45) is 5.41 Å². The molecule has 0 bridgehead atoms. The van der Waals surface area contributed by atoms with Gasteiger partial charge in [-0.1, -0.05) is 0 Å². The third kappa shape index (κ3) is 1.42. The molecule has 11 heavy (non-hydrogen) atoms. The minimum atomic E-state index is 0.486. The lowest BCUT2D eigenvalue weighted by atomic mass is 9.80. The van der Waals surface area contributed by atoms with Crippen LogP contribution in [0, 0.1) is 12.5 Å². The van der Waals surface area contributed by atoms with E-state index in [1.807, 2.05) is 0 Å². The van der Waals surface area contributed by atoms with Gasteiger partial charge in [0.1, 0.15) is 0 Å². The molecule has 0 N–H and O–H groups in total. The third-order valence-corrected chi connectivity index (χ3v) is 2.93. The van der Waals surface area contributed by atoms with E-state index in [9.17, 15) is 0 Å². The Morgan fingerprint density at radius 3 is 2.91 bits per heavy atom. The summed E-state index contributed by atoms with van der Waals surface area (Å²) in [4.78, 5) is 2.19. The zero-order valence-electron chi connectivity index (χ0n) is 7.01. The molecule has 1 atom stereocenters. The first-order valence-corrected chi connectivity index (χ1v) is 4.44. The highest BCUT2D eigenvalue weighted by Gasteiger charge is 2.36. The molecule has 2 nitrogen and oxygen atoms in total. The Hall–Kier alpha value is -0.0800. The first-order chi connectivity index (χ1) is 5.31. The van der Waals surface area contributed by atoms with E-state index in [2.05, 4.69) is 11.9 Å². The zero-order valence-corrected chi connectivity index (χ0v) is 7.01. The second kappa shape index (κ2) is 2.76. The number of ether oxygens (including phenoxy) is 1. The fraction of sp³-hybridized carbons (Fsp3) is 0.889. The van der Waals surface area contributed by atoms with Crippen molar-refractivity contribution in [3.63, 3.8) is 0 Å². The van der Waals surface area contributed by atoms with Gasteiger partial charge < -0.3 is 9.64 Å². The Morgan fingerprint density at radius 1 is 1.36 bits per heavy atom. The molecule has 1 spiro atoms. The van der Waals surface area contributed by atoms with Gasteiger partial charge in [0.2, 0.25) is 0 Å². The van der Waals surface area contributed by atoms with E-state index >= 15 is 0 Å². The van der Waals surface area contributed by atoms with Crippen LogP contribution in [0.1, 0.15) is 19.3 Å². The van der Waals surface area contributed by atoms with E-state index in [4.69, 9.17) is 4.74 Å². The minimum Gasteiger partial charge on any atom is -0.459 e. The number of hydrogen-bond acceptors (Lipinski definition) is 2. The van der Waals surface area contributed by atoms with E-state index < -0.39 is 0 Å². The highest BCUT2D eigenvalue weighted by molar-refractivity contribution is 4.89. The van der Waals surface area contributed by atoms with Gasteiger partial charge in [-0.2, -0.15) is 0 Å². The first-order valence-electron chi connectivity index (χ1n) is 4.44. The van der Waals surface area contributed by atoms with Gasteiger partial charge in [-0.05, 0) is 32.4 Å². The maximum Gasteiger partial charge on any atom is 0.0534 e. The molecule has 2 heterocycles. The van der Waals surface area contributed by atoms with Crippen LogP contribution in [0.4, 0.5) is 0 Å². The highest BCUT2D eigenvalue weighted by Crippen LogP contribution is 2.37. The normalized spacial score (nSPS) is 40.1. The molecule has 0 saturated carbocycles. The van der Waals surface area contributed by atoms with Crippen molar-refractivity contribution < 1.29 is 4.74 Å². The first kappa shape index (κ1) is 7.56. The standard InChI is InChI=1S/C9H16NO/c1-10-5-2-3-9(7-10)4-6-11-8-9/h1-8H2/q-1. The second-order valence-electron chi connectivity index (χ2n) is 3.96. The molecule has 2 saturated heterocycles. The van der Waals surface area contributed by atoms with Gasteiger partial charge in [-0.15, -0.1) is 0 Å².